The van der Waals surface area contributed by atoms with Crippen LogP contribution in [-0.2, 0) is 14.3 Å². The van der Waals surface area contributed by atoms with Crippen LogP contribution >= 0.6 is 0 Å². The summed E-state index contributed by atoms with van der Waals surface area (Å²) in [6.45, 7) is 9.92. The maximum Gasteiger partial charge on any atom is 0.344 e. The summed E-state index contributed by atoms with van der Waals surface area (Å²) in [6, 6.07) is 5.39. The van der Waals surface area contributed by atoms with Crippen LogP contribution in [0.1, 0.15) is 51.8 Å². The Balaban J connectivity index is 0.00000108. The first-order valence-electron chi connectivity index (χ1n) is 7.25. The number of rotatable bonds is 4. The molecule has 0 aromatic heterocycles. The number of aliphatic hydroxyl groups excluding tert-OH is 1. The van der Waals surface area contributed by atoms with Crippen molar-refractivity contribution in [3.8, 4) is 5.75 Å². The van der Waals surface area contributed by atoms with E-state index in [1.165, 1.54) is 0 Å². The van der Waals surface area contributed by atoms with Gasteiger partial charge in [-0.15, -0.1) is 0 Å². The molecule has 1 aromatic rings. The third kappa shape index (κ3) is 9.52. The van der Waals surface area contributed by atoms with Crippen LogP contribution in [0.15, 0.2) is 18.2 Å². The second-order valence-electron chi connectivity index (χ2n) is 6.04. The smallest absolute Gasteiger partial charge is 0.344 e. The fraction of sp³-hybridized carbons (Fsp3) is 0.529. The number of ether oxygens (including phenoxy) is 2. The molecule has 130 valence electrons. The van der Waals surface area contributed by atoms with Crippen LogP contribution in [0.25, 0.3) is 0 Å². The summed E-state index contributed by atoms with van der Waals surface area (Å²) < 4.78 is 10.6. The van der Waals surface area contributed by atoms with Crippen molar-refractivity contribution in [1.82, 2.24) is 0 Å². The van der Waals surface area contributed by atoms with Gasteiger partial charge in [-0.1, -0.05) is 12.1 Å². The fourth-order valence-electron chi connectivity index (χ4n) is 1.75. The van der Waals surface area contributed by atoms with Gasteiger partial charge >= 0.3 is 5.97 Å². The molecule has 6 heteroatoms. The number of hydrogen-bond acceptors (Lipinski definition) is 5. The summed E-state index contributed by atoms with van der Waals surface area (Å²) in [5, 5.41) is 17.0. The topological polar surface area (TPSA) is 93.1 Å². The maximum atomic E-state index is 11.6. The zero-order valence-electron chi connectivity index (χ0n) is 14.5. The van der Waals surface area contributed by atoms with E-state index < -0.39 is 23.6 Å². The lowest BCUT2D eigenvalue weighted by molar-refractivity contribution is -0.157. The van der Waals surface area contributed by atoms with Crippen molar-refractivity contribution in [2.24, 2.45) is 0 Å². The van der Waals surface area contributed by atoms with Gasteiger partial charge in [0.2, 0.25) is 0 Å². The van der Waals surface area contributed by atoms with E-state index in [1.807, 2.05) is 33.8 Å². The molecular formula is C17H26O6. The normalized spacial score (nSPS) is 11.8. The van der Waals surface area contributed by atoms with Crippen LogP contribution in [0.5, 0.6) is 5.75 Å². The zero-order chi connectivity index (χ0) is 18.2. The molecule has 0 aliphatic rings. The molecule has 1 rings (SSSR count). The van der Waals surface area contributed by atoms with Gasteiger partial charge in [-0.25, -0.2) is 4.79 Å². The van der Waals surface area contributed by atoms with E-state index in [2.05, 4.69) is 0 Å². The monoisotopic (exact) mass is 326 g/mol. The molecule has 0 spiro atoms. The van der Waals surface area contributed by atoms with Crippen molar-refractivity contribution >= 4 is 11.9 Å². The van der Waals surface area contributed by atoms with Crippen molar-refractivity contribution in [1.29, 1.82) is 0 Å². The molecule has 23 heavy (non-hydrogen) atoms. The number of carboxylic acid groups (broad SMARTS) is 1. The first kappa shape index (κ1) is 20.9. The first-order chi connectivity index (χ1) is 10.4. The molecule has 1 atom stereocenters. The standard InChI is InChI=1S/C15H22O4.C2H4O2/c1-10-12(11(2)16)7-6-8-13(10)18-9-14(17)19-15(3,4)5;1-2(3)4/h6-8,11,16H,9H2,1-5H3;1H3,(H,3,4). The number of benzene rings is 1. The molecule has 0 amide bonds. The number of esters is 1. The minimum absolute atomic E-state index is 0.138. The van der Waals surface area contributed by atoms with E-state index >= 15 is 0 Å². The Morgan fingerprint density at radius 2 is 1.78 bits per heavy atom. The van der Waals surface area contributed by atoms with Gasteiger partial charge in [0, 0.05) is 6.92 Å². The molecule has 6 nitrogen and oxygen atoms in total. The summed E-state index contributed by atoms with van der Waals surface area (Å²) in [5.74, 6) is -0.654. The van der Waals surface area contributed by atoms with E-state index in [-0.39, 0.29) is 6.61 Å². The lowest BCUT2D eigenvalue weighted by Gasteiger charge is -2.20. The molecule has 0 fully saturated rings. The molecular weight excluding hydrogens is 300 g/mol. The van der Waals surface area contributed by atoms with Gasteiger partial charge in [-0.05, 0) is 51.8 Å². The summed E-state index contributed by atoms with van der Waals surface area (Å²) in [7, 11) is 0. The van der Waals surface area contributed by atoms with Crippen molar-refractivity contribution in [2.75, 3.05) is 6.61 Å². The Hall–Kier alpha value is -2.08. The van der Waals surface area contributed by atoms with Gasteiger partial charge in [0.15, 0.2) is 6.61 Å². The Bertz CT molecular complexity index is 524. The van der Waals surface area contributed by atoms with Crippen molar-refractivity contribution in [3.05, 3.63) is 29.3 Å². The Morgan fingerprint density at radius 3 is 2.22 bits per heavy atom. The largest absolute Gasteiger partial charge is 0.482 e. The maximum absolute atomic E-state index is 11.6. The van der Waals surface area contributed by atoms with E-state index in [9.17, 15) is 9.90 Å². The lowest BCUT2D eigenvalue weighted by atomic mass is 10.0. The molecule has 0 saturated heterocycles. The average Bonchev–Trinajstić information content (AvgIpc) is 2.34. The highest BCUT2D eigenvalue weighted by Crippen LogP contribution is 2.25. The predicted octanol–water partition coefficient (Wildman–Crippen LogP) is 2.86. The van der Waals surface area contributed by atoms with Gasteiger partial charge in [0.25, 0.3) is 5.97 Å². The lowest BCUT2D eigenvalue weighted by Crippen LogP contribution is -2.27. The number of carbonyl (C=O) groups is 2. The average molecular weight is 326 g/mol. The molecule has 0 aliphatic heterocycles. The van der Waals surface area contributed by atoms with E-state index in [0.717, 1.165) is 18.1 Å². The minimum atomic E-state index is -0.833. The van der Waals surface area contributed by atoms with Gasteiger partial charge in [0.1, 0.15) is 11.4 Å². The van der Waals surface area contributed by atoms with Gasteiger partial charge < -0.3 is 19.7 Å². The van der Waals surface area contributed by atoms with Gasteiger partial charge in [-0.2, -0.15) is 0 Å². The summed E-state index contributed by atoms with van der Waals surface area (Å²) in [4.78, 5) is 20.6. The van der Waals surface area contributed by atoms with Gasteiger partial charge in [0.05, 0.1) is 6.10 Å². The molecule has 0 bridgehead atoms. The second kappa shape index (κ2) is 9.15. The van der Waals surface area contributed by atoms with Crippen LogP contribution in [0.2, 0.25) is 0 Å². The fourth-order valence-corrected chi connectivity index (χ4v) is 1.75. The third-order valence-corrected chi connectivity index (χ3v) is 2.54. The molecule has 1 unspecified atom stereocenters. The number of aliphatic hydroxyl groups is 1. The van der Waals surface area contributed by atoms with E-state index in [4.69, 9.17) is 19.4 Å². The second-order valence-corrected chi connectivity index (χ2v) is 6.04. The van der Waals surface area contributed by atoms with Crippen LogP contribution < -0.4 is 4.74 Å². The van der Waals surface area contributed by atoms with Crippen LogP contribution in [0.3, 0.4) is 0 Å². The highest BCUT2D eigenvalue weighted by atomic mass is 16.6. The Kier molecular flexibility index (Phi) is 8.32. The molecule has 0 heterocycles. The summed E-state index contributed by atoms with van der Waals surface area (Å²) in [5.41, 5.74) is 1.11. The van der Waals surface area contributed by atoms with Crippen LogP contribution in [0, 0.1) is 6.92 Å². The molecule has 0 aliphatic carbocycles. The zero-order valence-corrected chi connectivity index (χ0v) is 14.5. The summed E-state index contributed by atoms with van der Waals surface area (Å²) >= 11 is 0. The highest BCUT2D eigenvalue weighted by Gasteiger charge is 2.17. The highest BCUT2D eigenvalue weighted by molar-refractivity contribution is 5.71. The quantitative estimate of drug-likeness (QED) is 0.827. The SMILES string of the molecule is CC(=O)O.Cc1c(OCC(=O)OC(C)(C)C)cccc1C(C)O. The predicted molar refractivity (Wildman–Crippen MR) is 86.5 cm³/mol. The molecule has 2 N–H and O–H groups in total. The van der Waals surface area contributed by atoms with Gasteiger partial charge in [-0.3, -0.25) is 4.79 Å². The number of carboxylic acids is 1. The Labute approximate surface area is 137 Å². The summed E-state index contributed by atoms with van der Waals surface area (Å²) in [6.07, 6.45) is -0.565. The minimum Gasteiger partial charge on any atom is -0.482 e. The number of hydrogen-bond donors (Lipinski definition) is 2. The molecule has 0 saturated carbocycles. The van der Waals surface area contributed by atoms with E-state index in [0.29, 0.717) is 5.75 Å². The van der Waals surface area contributed by atoms with Crippen molar-refractivity contribution in [3.63, 3.8) is 0 Å². The molecule has 0 radical (unpaired) electrons. The first-order valence-corrected chi connectivity index (χ1v) is 7.25. The van der Waals surface area contributed by atoms with Crippen LogP contribution in [0.4, 0.5) is 0 Å². The third-order valence-electron chi connectivity index (χ3n) is 2.54. The van der Waals surface area contributed by atoms with E-state index in [1.54, 1.807) is 19.1 Å². The number of carbonyl (C=O) groups excluding carboxylic acids is 1. The van der Waals surface area contributed by atoms with Crippen LogP contribution in [-0.4, -0.2) is 34.4 Å². The molecule has 1 aromatic carbocycles. The van der Waals surface area contributed by atoms with Crippen molar-refractivity contribution in [2.45, 2.75) is 53.2 Å². The van der Waals surface area contributed by atoms with Crippen molar-refractivity contribution < 1.29 is 29.3 Å². The number of aliphatic carboxylic acids is 1. The Morgan fingerprint density at radius 1 is 1.26 bits per heavy atom.